The molecule has 0 fully saturated rings. The average Bonchev–Trinajstić information content (AvgIpc) is 2.78. The van der Waals surface area contributed by atoms with Crippen LogP contribution in [-0.4, -0.2) is 50.6 Å². The van der Waals surface area contributed by atoms with Crippen molar-refractivity contribution in [3.05, 3.63) is 60.2 Å². The summed E-state index contributed by atoms with van der Waals surface area (Å²) in [5, 5.41) is 2.62. The number of fused-ring (bicyclic) bond motifs is 1. The first kappa shape index (κ1) is 20.2. The summed E-state index contributed by atoms with van der Waals surface area (Å²) in [5.41, 5.74) is 2.79. The van der Waals surface area contributed by atoms with Crippen molar-refractivity contribution in [1.29, 1.82) is 0 Å². The van der Waals surface area contributed by atoms with Crippen LogP contribution in [0.5, 0.6) is 5.75 Å². The summed E-state index contributed by atoms with van der Waals surface area (Å²) in [7, 11) is -3.65. The van der Waals surface area contributed by atoms with E-state index < -0.39 is 9.84 Å². The molecule has 0 unspecified atom stereocenters. The van der Waals surface area contributed by atoms with Crippen LogP contribution < -0.4 is 10.1 Å². The third-order valence-corrected chi connectivity index (χ3v) is 6.95. The van der Waals surface area contributed by atoms with Gasteiger partial charge < -0.3 is 15.0 Å². The van der Waals surface area contributed by atoms with Gasteiger partial charge in [0.2, 0.25) is 5.91 Å². The van der Waals surface area contributed by atoms with Gasteiger partial charge >= 0.3 is 0 Å². The first-order valence-electron chi connectivity index (χ1n) is 9.74. The molecule has 1 N–H and O–H groups in total. The van der Waals surface area contributed by atoms with E-state index in [-0.39, 0.29) is 35.5 Å². The van der Waals surface area contributed by atoms with Crippen LogP contribution in [0.15, 0.2) is 59.5 Å². The summed E-state index contributed by atoms with van der Waals surface area (Å²) in [6, 6.07) is 14.3. The Bertz CT molecular complexity index is 1110. The Morgan fingerprint density at radius 2 is 1.93 bits per heavy atom. The fourth-order valence-corrected chi connectivity index (χ4v) is 4.80. The van der Waals surface area contributed by atoms with Crippen molar-refractivity contribution in [1.82, 2.24) is 4.90 Å². The molecule has 0 aliphatic carbocycles. The number of rotatable bonds is 5. The lowest BCUT2D eigenvalue weighted by atomic mass is 9.99. The van der Waals surface area contributed by atoms with E-state index in [4.69, 9.17) is 4.74 Å². The molecule has 0 spiro atoms. The predicted octanol–water partition coefficient (Wildman–Crippen LogP) is 2.50. The Balaban J connectivity index is 1.37. The average molecular weight is 426 g/mol. The minimum Gasteiger partial charge on any atom is -0.482 e. The summed E-state index contributed by atoms with van der Waals surface area (Å²) in [6.07, 6.45) is 2.70. The zero-order chi connectivity index (χ0) is 21.1. The number of nitrogens with zero attached hydrogens (tertiary/aromatic N) is 1. The predicted molar refractivity (Wildman–Crippen MR) is 113 cm³/mol. The van der Waals surface area contributed by atoms with Gasteiger partial charge in [-0.2, -0.15) is 0 Å². The second-order valence-corrected chi connectivity index (χ2v) is 9.36. The van der Waals surface area contributed by atoms with Gasteiger partial charge in [-0.3, -0.25) is 9.59 Å². The van der Waals surface area contributed by atoms with E-state index in [0.717, 1.165) is 12.0 Å². The topological polar surface area (TPSA) is 92.8 Å². The lowest BCUT2D eigenvalue weighted by Gasteiger charge is -2.26. The molecule has 0 saturated heterocycles. The molecule has 0 aromatic heterocycles. The SMILES string of the molecule is O=C1COc2cc(S(=O)(=O)CCC(=O)N3CC=C(c4ccccc4)CC3)ccc2N1. The molecule has 2 aromatic carbocycles. The number of sulfone groups is 1. The fraction of sp³-hybridized carbons (Fsp3) is 0.273. The van der Waals surface area contributed by atoms with Crippen LogP contribution in [0.3, 0.4) is 0 Å². The van der Waals surface area contributed by atoms with Crippen LogP contribution in [0.4, 0.5) is 5.69 Å². The first-order valence-corrected chi connectivity index (χ1v) is 11.4. The Kier molecular flexibility index (Phi) is 5.59. The lowest BCUT2D eigenvalue weighted by molar-refractivity contribution is -0.130. The molecule has 2 aromatic rings. The second kappa shape index (κ2) is 8.31. The molecule has 7 nitrogen and oxygen atoms in total. The molecule has 156 valence electrons. The molecule has 2 heterocycles. The van der Waals surface area contributed by atoms with Gasteiger partial charge in [-0.15, -0.1) is 0 Å². The quantitative estimate of drug-likeness (QED) is 0.793. The maximum absolute atomic E-state index is 12.7. The molecule has 2 amide bonds. The van der Waals surface area contributed by atoms with Gasteiger partial charge in [-0.1, -0.05) is 36.4 Å². The minimum absolute atomic E-state index is 0.0779. The van der Waals surface area contributed by atoms with Gasteiger partial charge in [0.25, 0.3) is 5.91 Å². The number of hydrogen-bond donors (Lipinski definition) is 1. The van der Waals surface area contributed by atoms with Crippen molar-refractivity contribution in [2.45, 2.75) is 17.7 Å². The molecule has 8 heteroatoms. The van der Waals surface area contributed by atoms with Crippen molar-refractivity contribution in [3.8, 4) is 5.75 Å². The smallest absolute Gasteiger partial charge is 0.262 e. The highest BCUT2D eigenvalue weighted by atomic mass is 32.2. The van der Waals surface area contributed by atoms with Crippen molar-refractivity contribution >= 4 is 32.9 Å². The van der Waals surface area contributed by atoms with Gasteiger partial charge in [0, 0.05) is 25.6 Å². The molecule has 0 bridgehead atoms. The van der Waals surface area contributed by atoms with Crippen molar-refractivity contribution in [2.75, 3.05) is 30.8 Å². The largest absolute Gasteiger partial charge is 0.482 e. The molecule has 0 radical (unpaired) electrons. The minimum atomic E-state index is -3.65. The van der Waals surface area contributed by atoms with Crippen LogP contribution in [0.25, 0.3) is 5.57 Å². The first-order chi connectivity index (χ1) is 14.4. The van der Waals surface area contributed by atoms with Gasteiger partial charge in [0.05, 0.1) is 16.3 Å². The van der Waals surface area contributed by atoms with Crippen LogP contribution in [0, 0.1) is 0 Å². The monoisotopic (exact) mass is 426 g/mol. The summed E-state index contributed by atoms with van der Waals surface area (Å²) in [6.45, 7) is 0.907. The fourth-order valence-electron chi connectivity index (χ4n) is 3.56. The van der Waals surface area contributed by atoms with E-state index >= 15 is 0 Å². The lowest BCUT2D eigenvalue weighted by Crippen LogP contribution is -2.35. The number of amides is 2. The highest BCUT2D eigenvalue weighted by Crippen LogP contribution is 2.31. The van der Waals surface area contributed by atoms with E-state index in [1.54, 1.807) is 4.90 Å². The van der Waals surface area contributed by atoms with Gasteiger partial charge in [0.1, 0.15) is 5.75 Å². The van der Waals surface area contributed by atoms with Crippen LogP contribution in [0.2, 0.25) is 0 Å². The van der Waals surface area contributed by atoms with E-state index in [0.29, 0.717) is 24.5 Å². The van der Waals surface area contributed by atoms with E-state index in [9.17, 15) is 18.0 Å². The number of carbonyl (C=O) groups excluding carboxylic acids is 2. The number of benzene rings is 2. The highest BCUT2D eigenvalue weighted by Gasteiger charge is 2.24. The van der Waals surface area contributed by atoms with Gasteiger partial charge in [0.15, 0.2) is 16.4 Å². The number of nitrogens with one attached hydrogen (secondary N) is 1. The number of carbonyl (C=O) groups is 2. The Morgan fingerprint density at radius 3 is 2.67 bits per heavy atom. The van der Waals surface area contributed by atoms with Gasteiger partial charge in [-0.05, 0) is 29.7 Å². The molecule has 4 rings (SSSR count). The van der Waals surface area contributed by atoms with Crippen molar-refractivity contribution in [2.24, 2.45) is 0 Å². The van der Waals surface area contributed by atoms with Crippen molar-refractivity contribution < 1.29 is 22.7 Å². The zero-order valence-corrected chi connectivity index (χ0v) is 17.2. The summed E-state index contributed by atoms with van der Waals surface area (Å²) in [5.74, 6) is -0.419. The molecule has 0 saturated carbocycles. The standard InChI is InChI=1S/C22H22N2O5S/c25-21-15-29-20-14-18(6-7-19(20)23-21)30(27,28)13-10-22(26)24-11-8-17(9-12-24)16-4-2-1-3-5-16/h1-8,14H,9-13,15H2,(H,23,25). The normalized spacial score (nSPS) is 16.2. The third-order valence-electron chi connectivity index (χ3n) is 5.24. The van der Waals surface area contributed by atoms with Crippen LogP contribution >= 0.6 is 0 Å². The highest BCUT2D eigenvalue weighted by molar-refractivity contribution is 7.91. The van der Waals surface area contributed by atoms with E-state index in [2.05, 4.69) is 5.32 Å². The molecular formula is C22H22N2O5S. The molecule has 0 atom stereocenters. The Morgan fingerprint density at radius 1 is 1.13 bits per heavy atom. The third kappa shape index (κ3) is 4.38. The number of anilines is 1. The molecule has 30 heavy (non-hydrogen) atoms. The maximum atomic E-state index is 12.7. The van der Waals surface area contributed by atoms with Crippen LogP contribution in [0.1, 0.15) is 18.4 Å². The van der Waals surface area contributed by atoms with E-state index in [1.165, 1.54) is 23.8 Å². The summed E-state index contributed by atoms with van der Waals surface area (Å²) < 4.78 is 30.6. The van der Waals surface area contributed by atoms with Crippen molar-refractivity contribution in [3.63, 3.8) is 0 Å². The summed E-state index contributed by atoms with van der Waals surface area (Å²) in [4.78, 5) is 25.7. The second-order valence-electron chi connectivity index (χ2n) is 7.25. The molecular weight excluding hydrogens is 404 g/mol. The van der Waals surface area contributed by atoms with Gasteiger partial charge in [-0.25, -0.2) is 8.42 Å². The number of hydrogen-bond acceptors (Lipinski definition) is 5. The maximum Gasteiger partial charge on any atom is 0.262 e. The Labute approximate surface area is 175 Å². The van der Waals surface area contributed by atoms with E-state index in [1.807, 2.05) is 36.4 Å². The Hall–Kier alpha value is -3.13. The zero-order valence-electron chi connectivity index (χ0n) is 16.3. The van der Waals surface area contributed by atoms with Crippen LogP contribution in [-0.2, 0) is 19.4 Å². The number of ether oxygens (including phenoxy) is 1. The molecule has 2 aliphatic rings. The molecule has 2 aliphatic heterocycles. The summed E-state index contributed by atoms with van der Waals surface area (Å²) >= 11 is 0.